The zero-order valence-electron chi connectivity index (χ0n) is 17.9. The van der Waals surface area contributed by atoms with Gasteiger partial charge in [0.25, 0.3) is 0 Å². The van der Waals surface area contributed by atoms with Crippen molar-refractivity contribution in [1.29, 1.82) is 0 Å². The molecule has 4 aromatic rings. The molecule has 3 aromatic carbocycles. The smallest absolute Gasteiger partial charge is 0.0534 e. The van der Waals surface area contributed by atoms with E-state index >= 15 is 0 Å². The van der Waals surface area contributed by atoms with E-state index in [9.17, 15) is 0 Å². The number of aromatic nitrogens is 1. The maximum Gasteiger partial charge on any atom is 0.0534 e. The molecular weight excluding hydrogens is 388 g/mol. The van der Waals surface area contributed by atoms with Crippen LogP contribution in [0.15, 0.2) is 104 Å². The van der Waals surface area contributed by atoms with Gasteiger partial charge < -0.3 is 9.88 Å². The lowest BCUT2D eigenvalue weighted by Crippen LogP contribution is -2.11. The van der Waals surface area contributed by atoms with Crippen molar-refractivity contribution < 1.29 is 0 Å². The number of para-hydroxylation sites is 1. The third-order valence-electron chi connectivity index (χ3n) is 6.38. The van der Waals surface area contributed by atoms with Crippen LogP contribution in [-0.4, -0.2) is 4.98 Å². The first-order valence-corrected chi connectivity index (χ1v) is 11.1. The third-order valence-corrected chi connectivity index (χ3v) is 6.38. The Balaban J connectivity index is 1.49. The standard InChI is InChI=1S/C30H24N2/c1-21-9-7-8-18-32(24-10-3-2-4-11-24)30-17-15-23(19-26(21)30)22-14-16-29-27(20-22)25-12-5-6-13-28(25)31-29/h2-5,7-12,14-20,31H,1,6,13H2/b9-7-,18-8-. The number of aryl methyl sites for hydroxylation is 1. The number of benzene rings is 3. The molecule has 2 heterocycles. The molecule has 154 valence electrons. The molecular formula is C30H24N2. The molecule has 0 amide bonds. The molecule has 1 aliphatic carbocycles. The van der Waals surface area contributed by atoms with E-state index in [1.807, 2.05) is 6.07 Å². The zero-order valence-corrected chi connectivity index (χ0v) is 17.9. The Bertz CT molecular complexity index is 1430. The second-order valence-corrected chi connectivity index (χ2v) is 8.38. The molecule has 1 aliphatic heterocycles. The number of rotatable bonds is 2. The van der Waals surface area contributed by atoms with Crippen LogP contribution in [0.2, 0.25) is 0 Å². The van der Waals surface area contributed by atoms with E-state index in [1.165, 1.54) is 33.3 Å². The van der Waals surface area contributed by atoms with Gasteiger partial charge in [-0.25, -0.2) is 0 Å². The van der Waals surface area contributed by atoms with Crippen LogP contribution in [0.1, 0.15) is 23.2 Å². The average Bonchev–Trinajstić information content (AvgIpc) is 3.21. The molecule has 2 heteroatoms. The predicted molar refractivity (Wildman–Crippen MR) is 137 cm³/mol. The third kappa shape index (κ3) is 3.12. The predicted octanol–water partition coefficient (Wildman–Crippen LogP) is 8.03. The molecule has 0 bridgehead atoms. The zero-order chi connectivity index (χ0) is 21.5. The maximum atomic E-state index is 4.36. The average molecular weight is 413 g/mol. The summed E-state index contributed by atoms with van der Waals surface area (Å²) >= 11 is 0. The normalized spacial score (nSPS) is 16.9. The fraction of sp³-hybridized carbons (Fsp3) is 0.0667. The van der Waals surface area contributed by atoms with Gasteiger partial charge in [0.15, 0.2) is 0 Å². The number of aromatic amines is 1. The molecule has 32 heavy (non-hydrogen) atoms. The largest absolute Gasteiger partial charge is 0.358 e. The molecule has 0 saturated heterocycles. The highest BCUT2D eigenvalue weighted by Crippen LogP contribution is 2.38. The number of H-pyrrole nitrogens is 1. The van der Waals surface area contributed by atoms with Gasteiger partial charge in [0.2, 0.25) is 0 Å². The Morgan fingerprint density at radius 2 is 1.69 bits per heavy atom. The van der Waals surface area contributed by atoms with Crippen LogP contribution in [0.25, 0.3) is 33.7 Å². The Kier molecular flexibility index (Phi) is 4.43. The highest BCUT2D eigenvalue weighted by molar-refractivity contribution is 5.95. The van der Waals surface area contributed by atoms with Crippen molar-refractivity contribution in [1.82, 2.24) is 4.98 Å². The van der Waals surface area contributed by atoms with Crippen molar-refractivity contribution in [3.05, 3.63) is 121 Å². The molecule has 0 radical (unpaired) electrons. The van der Waals surface area contributed by atoms with Crippen molar-refractivity contribution in [2.24, 2.45) is 0 Å². The summed E-state index contributed by atoms with van der Waals surface area (Å²) in [6.07, 6.45) is 15.0. The topological polar surface area (TPSA) is 19.0 Å². The molecule has 0 saturated carbocycles. The summed E-state index contributed by atoms with van der Waals surface area (Å²) in [4.78, 5) is 5.83. The van der Waals surface area contributed by atoms with E-state index in [0.29, 0.717) is 0 Å². The minimum Gasteiger partial charge on any atom is -0.358 e. The number of nitrogens with one attached hydrogen (secondary N) is 1. The molecule has 0 fully saturated rings. The Labute approximate surface area is 188 Å². The number of anilines is 2. The monoisotopic (exact) mass is 412 g/mol. The summed E-state index contributed by atoms with van der Waals surface area (Å²) in [6, 6.07) is 23.9. The van der Waals surface area contributed by atoms with Gasteiger partial charge in [-0.15, -0.1) is 0 Å². The molecule has 0 atom stereocenters. The lowest BCUT2D eigenvalue weighted by molar-refractivity contribution is 0.951. The van der Waals surface area contributed by atoms with Gasteiger partial charge in [-0.3, -0.25) is 0 Å². The highest BCUT2D eigenvalue weighted by atomic mass is 15.1. The summed E-state index contributed by atoms with van der Waals surface area (Å²) in [5, 5.41) is 1.30. The van der Waals surface area contributed by atoms with Gasteiger partial charge in [-0.05, 0) is 72.0 Å². The minimum absolute atomic E-state index is 1.01. The Morgan fingerprint density at radius 3 is 2.59 bits per heavy atom. The van der Waals surface area contributed by atoms with Crippen LogP contribution < -0.4 is 4.90 Å². The van der Waals surface area contributed by atoms with Crippen molar-refractivity contribution in [3.8, 4) is 11.1 Å². The van der Waals surface area contributed by atoms with Gasteiger partial charge >= 0.3 is 0 Å². The highest BCUT2D eigenvalue weighted by Gasteiger charge is 2.16. The Hall–Kier alpha value is -4.04. The first-order valence-electron chi connectivity index (χ1n) is 11.1. The van der Waals surface area contributed by atoms with Gasteiger partial charge in [-0.1, -0.05) is 61.2 Å². The molecule has 2 nitrogen and oxygen atoms in total. The number of fused-ring (bicyclic) bond motifs is 4. The van der Waals surface area contributed by atoms with E-state index < -0.39 is 0 Å². The van der Waals surface area contributed by atoms with Gasteiger partial charge in [0.1, 0.15) is 0 Å². The van der Waals surface area contributed by atoms with Crippen molar-refractivity contribution >= 4 is 33.9 Å². The van der Waals surface area contributed by atoms with Crippen LogP contribution in [0.5, 0.6) is 0 Å². The van der Waals surface area contributed by atoms with E-state index in [-0.39, 0.29) is 0 Å². The number of allylic oxidation sites excluding steroid dienone is 5. The fourth-order valence-corrected chi connectivity index (χ4v) is 4.74. The van der Waals surface area contributed by atoms with Crippen molar-refractivity contribution in [2.45, 2.75) is 12.8 Å². The molecule has 1 N–H and O–H groups in total. The van der Waals surface area contributed by atoms with E-state index in [4.69, 9.17) is 0 Å². The number of hydrogen-bond donors (Lipinski definition) is 1. The summed E-state index contributed by atoms with van der Waals surface area (Å²) < 4.78 is 0. The van der Waals surface area contributed by atoms with Gasteiger partial charge in [0.05, 0.1) is 5.69 Å². The molecule has 2 aliphatic rings. The molecule has 0 spiro atoms. The number of nitrogens with zero attached hydrogens (tertiary/aromatic N) is 1. The molecule has 1 aromatic heterocycles. The SMILES string of the molecule is C=C1/C=C\C=C/N(c2ccccc2)c2ccc(-c3ccc4[nH]c5c(c4c3)C=CCC5)cc21. The van der Waals surface area contributed by atoms with Gasteiger partial charge in [0, 0.05) is 39.6 Å². The van der Waals surface area contributed by atoms with Crippen LogP contribution in [0.4, 0.5) is 11.4 Å². The Morgan fingerprint density at radius 1 is 0.844 bits per heavy atom. The quantitative estimate of drug-likeness (QED) is 0.353. The van der Waals surface area contributed by atoms with Gasteiger partial charge in [-0.2, -0.15) is 0 Å². The second kappa shape index (κ2) is 7.58. The minimum atomic E-state index is 1.01. The van der Waals surface area contributed by atoms with E-state index in [1.54, 1.807) is 0 Å². The van der Waals surface area contributed by atoms with E-state index in [0.717, 1.165) is 35.4 Å². The summed E-state index contributed by atoms with van der Waals surface area (Å²) in [5.74, 6) is 0. The van der Waals surface area contributed by atoms with Crippen LogP contribution >= 0.6 is 0 Å². The second-order valence-electron chi connectivity index (χ2n) is 8.38. The maximum absolute atomic E-state index is 4.36. The van der Waals surface area contributed by atoms with Crippen molar-refractivity contribution in [3.63, 3.8) is 0 Å². The fourth-order valence-electron chi connectivity index (χ4n) is 4.74. The summed E-state index contributed by atoms with van der Waals surface area (Å²) in [7, 11) is 0. The molecule has 0 unspecified atom stereocenters. The van der Waals surface area contributed by atoms with Crippen LogP contribution in [0.3, 0.4) is 0 Å². The molecule has 6 rings (SSSR count). The van der Waals surface area contributed by atoms with Crippen molar-refractivity contribution in [2.75, 3.05) is 4.90 Å². The van der Waals surface area contributed by atoms with E-state index in [2.05, 4.69) is 114 Å². The van der Waals surface area contributed by atoms with Crippen LogP contribution in [-0.2, 0) is 6.42 Å². The first-order chi connectivity index (χ1) is 15.8. The summed E-state index contributed by atoms with van der Waals surface area (Å²) in [6.45, 7) is 4.36. The number of hydrogen-bond acceptors (Lipinski definition) is 1. The van der Waals surface area contributed by atoms with Crippen LogP contribution in [0, 0.1) is 0 Å². The first kappa shape index (κ1) is 18.7. The lowest BCUT2D eigenvalue weighted by atomic mass is 9.95. The lowest BCUT2D eigenvalue weighted by Gasteiger charge is -2.25. The summed E-state index contributed by atoms with van der Waals surface area (Å²) in [5.41, 5.74) is 10.7.